The molecule has 0 aliphatic heterocycles. The summed E-state index contributed by atoms with van der Waals surface area (Å²) in [5, 5.41) is 3.40. The molecular weight excluding hydrogens is 386 g/mol. The Bertz CT molecular complexity index is 795. The SMILES string of the molecule is CCOC(=O)C1(COc2cccnn2)CC=C(OS(=O)(=O)C(C)(F)F)CC1. The third kappa shape index (κ3) is 5.12. The smallest absolute Gasteiger partial charge is 0.377 e. The monoisotopic (exact) mass is 406 g/mol. The van der Waals surface area contributed by atoms with Crippen molar-refractivity contribution in [1.82, 2.24) is 10.2 Å². The van der Waals surface area contributed by atoms with Gasteiger partial charge in [0.15, 0.2) is 0 Å². The maximum atomic E-state index is 13.1. The summed E-state index contributed by atoms with van der Waals surface area (Å²) in [7, 11) is -5.09. The number of carbonyl (C=O) groups excluding carboxylic acids is 1. The molecule has 1 aromatic heterocycles. The Labute approximate surface area is 155 Å². The summed E-state index contributed by atoms with van der Waals surface area (Å²) in [6.07, 6.45) is 2.82. The number of halogens is 2. The first-order valence-corrected chi connectivity index (χ1v) is 9.59. The number of hydrogen-bond donors (Lipinski definition) is 0. The van der Waals surface area contributed by atoms with Crippen LogP contribution in [0, 0.1) is 5.41 Å². The molecule has 0 fully saturated rings. The van der Waals surface area contributed by atoms with Crippen molar-refractivity contribution < 1.29 is 35.6 Å². The van der Waals surface area contributed by atoms with E-state index in [4.69, 9.17) is 9.47 Å². The standard InChI is InChI=1S/C16H20F2N2O6S/c1-3-24-14(21)16(11-25-13-5-4-10-19-20-13)8-6-12(7-9-16)26-27(22,23)15(2,17)18/h4-6,10H,3,7-9,11H2,1-2H3. The molecule has 1 aromatic rings. The molecule has 1 unspecified atom stereocenters. The fourth-order valence-electron chi connectivity index (χ4n) is 2.40. The molecule has 0 N–H and O–H groups in total. The van der Waals surface area contributed by atoms with Crippen LogP contribution in [-0.4, -0.2) is 43.1 Å². The molecule has 1 atom stereocenters. The van der Waals surface area contributed by atoms with Gasteiger partial charge in [-0.3, -0.25) is 4.79 Å². The van der Waals surface area contributed by atoms with Gasteiger partial charge in [0, 0.05) is 25.6 Å². The van der Waals surface area contributed by atoms with Crippen molar-refractivity contribution in [2.45, 2.75) is 38.4 Å². The topological polar surface area (TPSA) is 105 Å². The Morgan fingerprint density at radius 2 is 2.15 bits per heavy atom. The van der Waals surface area contributed by atoms with Gasteiger partial charge in [0.25, 0.3) is 0 Å². The maximum absolute atomic E-state index is 13.1. The van der Waals surface area contributed by atoms with Gasteiger partial charge in [-0.1, -0.05) is 0 Å². The zero-order valence-electron chi connectivity index (χ0n) is 14.9. The van der Waals surface area contributed by atoms with E-state index in [9.17, 15) is 22.0 Å². The van der Waals surface area contributed by atoms with E-state index in [1.165, 1.54) is 12.3 Å². The summed E-state index contributed by atoms with van der Waals surface area (Å²) in [5.74, 6) is -0.468. The molecule has 0 saturated carbocycles. The minimum atomic E-state index is -5.09. The third-order valence-corrected chi connectivity index (χ3v) is 5.29. The molecular formula is C16H20F2N2O6S. The number of carbonyl (C=O) groups is 1. The van der Waals surface area contributed by atoms with Crippen molar-refractivity contribution in [2.24, 2.45) is 5.41 Å². The van der Waals surface area contributed by atoms with Crippen LogP contribution in [0.4, 0.5) is 8.78 Å². The summed E-state index contributed by atoms with van der Waals surface area (Å²) in [6.45, 7) is 1.95. The van der Waals surface area contributed by atoms with Gasteiger partial charge < -0.3 is 13.7 Å². The van der Waals surface area contributed by atoms with Crippen molar-refractivity contribution in [2.75, 3.05) is 13.2 Å². The van der Waals surface area contributed by atoms with Crippen LogP contribution >= 0.6 is 0 Å². The van der Waals surface area contributed by atoms with Gasteiger partial charge in [0.05, 0.1) is 6.61 Å². The van der Waals surface area contributed by atoms with Gasteiger partial charge in [0.2, 0.25) is 5.88 Å². The fraction of sp³-hybridized carbons (Fsp3) is 0.562. The van der Waals surface area contributed by atoms with E-state index < -0.39 is 26.8 Å². The van der Waals surface area contributed by atoms with E-state index in [2.05, 4.69) is 14.4 Å². The first-order chi connectivity index (χ1) is 12.6. The number of ether oxygens (including phenoxy) is 2. The van der Waals surface area contributed by atoms with E-state index in [0.717, 1.165) is 0 Å². The average molecular weight is 406 g/mol. The average Bonchev–Trinajstić information content (AvgIpc) is 2.61. The Hall–Kier alpha value is -2.30. The molecule has 8 nitrogen and oxygen atoms in total. The number of allylic oxidation sites excluding steroid dienone is 2. The van der Waals surface area contributed by atoms with Crippen LogP contribution in [0.3, 0.4) is 0 Å². The van der Waals surface area contributed by atoms with Gasteiger partial charge in [-0.25, -0.2) is 0 Å². The second-order valence-corrected chi connectivity index (χ2v) is 7.86. The van der Waals surface area contributed by atoms with Gasteiger partial charge in [-0.15, -0.1) is 5.10 Å². The molecule has 2 rings (SSSR count). The van der Waals surface area contributed by atoms with Crippen molar-refractivity contribution in [1.29, 1.82) is 0 Å². The van der Waals surface area contributed by atoms with Gasteiger partial charge in [0.1, 0.15) is 17.8 Å². The minimum absolute atomic E-state index is 0.00619. The highest BCUT2D eigenvalue weighted by Gasteiger charge is 2.46. The number of nitrogens with zero attached hydrogens (tertiary/aromatic N) is 2. The number of alkyl halides is 2. The van der Waals surface area contributed by atoms with Crippen LogP contribution in [0.2, 0.25) is 0 Å². The van der Waals surface area contributed by atoms with E-state index in [-0.39, 0.29) is 51.0 Å². The number of rotatable bonds is 8. The van der Waals surface area contributed by atoms with E-state index >= 15 is 0 Å². The Balaban J connectivity index is 2.15. The number of hydrogen-bond acceptors (Lipinski definition) is 8. The van der Waals surface area contributed by atoms with Crippen molar-refractivity contribution in [3.05, 3.63) is 30.2 Å². The third-order valence-electron chi connectivity index (χ3n) is 3.98. The lowest BCUT2D eigenvalue weighted by Crippen LogP contribution is -2.40. The highest BCUT2D eigenvalue weighted by Crippen LogP contribution is 2.39. The van der Waals surface area contributed by atoms with Gasteiger partial charge in [-0.05, 0) is 31.9 Å². The molecule has 1 heterocycles. The summed E-state index contributed by atoms with van der Waals surface area (Å²) in [5.41, 5.74) is -1.11. The fourth-order valence-corrected chi connectivity index (χ4v) is 2.98. The first kappa shape index (κ1) is 21.0. The highest BCUT2D eigenvalue weighted by molar-refractivity contribution is 7.87. The zero-order valence-corrected chi connectivity index (χ0v) is 15.7. The molecule has 0 amide bonds. The van der Waals surface area contributed by atoms with Gasteiger partial charge >= 0.3 is 21.3 Å². The Kier molecular flexibility index (Phi) is 6.34. The van der Waals surface area contributed by atoms with Crippen LogP contribution in [0.5, 0.6) is 5.88 Å². The first-order valence-electron chi connectivity index (χ1n) is 8.18. The lowest BCUT2D eigenvalue weighted by Gasteiger charge is -2.33. The number of esters is 1. The maximum Gasteiger partial charge on any atom is 0.377 e. The summed E-state index contributed by atoms with van der Waals surface area (Å²) >= 11 is 0. The van der Waals surface area contributed by atoms with Crippen LogP contribution in [-0.2, 0) is 23.8 Å². The molecule has 0 saturated heterocycles. The quantitative estimate of drug-likeness (QED) is 0.479. The van der Waals surface area contributed by atoms with Crippen LogP contribution in [0.1, 0.15) is 33.1 Å². The summed E-state index contributed by atoms with van der Waals surface area (Å²) in [4.78, 5) is 12.4. The van der Waals surface area contributed by atoms with Crippen LogP contribution in [0.15, 0.2) is 30.2 Å². The summed E-state index contributed by atoms with van der Waals surface area (Å²) < 4.78 is 64.3. The predicted molar refractivity (Wildman–Crippen MR) is 89.2 cm³/mol. The minimum Gasteiger partial charge on any atom is -0.475 e. The lowest BCUT2D eigenvalue weighted by atomic mass is 9.77. The number of aromatic nitrogens is 2. The van der Waals surface area contributed by atoms with Crippen LogP contribution in [0.25, 0.3) is 0 Å². The predicted octanol–water partition coefficient (Wildman–Crippen LogP) is 2.43. The zero-order chi connectivity index (χ0) is 20.1. The van der Waals surface area contributed by atoms with Crippen molar-refractivity contribution in [3.8, 4) is 5.88 Å². The van der Waals surface area contributed by atoms with Crippen molar-refractivity contribution >= 4 is 16.1 Å². The molecule has 0 spiro atoms. The summed E-state index contributed by atoms with van der Waals surface area (Å²) in [6, 6.07) is 3.18. The normalized spacial score (nSPS) is 20.5. The van der Waals surface area contributed by atoms with E-state index in [1.807, 2.05) is 0 Å². The lowest BCUT2D eigenvalue weighted by molar-refractivity contribution is -0.158. The van der Waals surface area contributed by atoms with E-state index in [1.54, 1.807) is 19.1 Å². The molecule has 150 valence electrons. The van der Waals surface area contributed by atoms with Gasteiger partial charge in [-0.2, -0.15) is 22.3 Å². The van der Waals surface area contributed by atoms with Crippen molar-refractivity contribution in [3.63, 3.8) is 0 Å². The van der Waals surface area contributed by atoms with Crippen LogP contribution < -0.4 is 4.74 Å². The Morgan fingerprint density at radius 1 is 1.41 bits per heavy atom. The molecule has 0 aromatic carbocycles. The molecule has 11 heteroatoms. The molecule has 1 aliphatic carbocycles. The van der Waals surface area contributed by atoms with E-state index in [0.29, 0.717) is 0 Å². The molecule has 27 heavy (non-hydrogen) atoms. The second kappa shape index (κ2) is 8.15. The highest BCUT2D eigenvalue weighted by atomic mass is 32.2. The Morgan fingerprint density at radius 3 is 2.67 bits per heavy atom. The largest absolute Gasteiger partial charge is 0.475 e. The molecule has 1 aliphatic rings. The molecule has 0 bridgehead atoms. The molecule has 0 radical (unpaired) electrons. The second-order valence-electron chi connectivity index (χ2n) is 6.07.